The number of rotatable bonds is 0. The second-order valence-electron chi connectivity index (χ2n) is 0.350. The smallest absolute Gasteiger partial charge is 0.00138 e. The summed E-state index contributed by atoms with van der Waals surface area (Å²) in [4.78, 5) is 0. The molecule has 0 saturated heterocycles. The lowest BCUT2D eigenvalue weighted by atomic mass is 32.0. The third-order valence-electron chi connectivity index (χ3n) is 0. The quantitative estimate of drug-likeness (QED) is 0.618. The van der Waals surface area contributed by atoms with Crippen molar-refractivity contribution >= 4 is 63.0 Å². The van der Waals surface area contributed by atoms with Gasteiger partial charge in [-0.25, -0.2) is 0 Å². The predicted octanol–water partition coefficient (Wildman–Crippen LogP) is 4.03. The number of halogens is 4. The first-order valence-corrected chi connectivity index (χ1v) is 9.62. The van der Waals surface area contributed by atoms with Crippen molar-refractivity contribution in [2.75, 3.05) is 0 Å². The first-order chi connectivity index (χ1) is 2.00. The normalized spacial score (nSPS) is 15.2. The minimum atomic E-state index is -0.917. The van der Waals surface area contributed by atoms with Crippen LogP contribution in [0.1, 0.15) is 0 Å². The van der Waals surface area contributed by atoms with Crippen molar-refractivity contribution in [1.29, 1.82) is 0 Å². The summed E-state index contributed by atoms with van der Waals surface area (Å²) >= 11 is 12.8. The molecular weight excluding hydrogens is 352 g/mol. The van der Waals surface area contributed by atoms with Gasteiger partial charge in [-0.05, 0) is 3.76 Å². The maximum absolute atomic E-state index is 3.21. The second kappa shape index (κ2) is 2.55. The van der Waals surface area contributed by atoms with Crippen LogP contribution in [0.3, 0.4) is 0 Å². The lowest BCUT2D eigenvalue weighted by Crippen LogP contribution is -1.25. The molecule has 0 N–H and O–H groups in total. The van der Waals surface area contributed by atoms with Crippen LogP contribution in [0, 0.1) is 0 Å². The zero-order valence-electron chi connectivity index (χ0n) is 1.92. The molecule has 5 heteroatoms. The molecule has 0 aromatic rings. The van der Waals surface area contributed by atoms with E-state index >= 15 is 0 Å². The first-order valence-electron chi connectivity index (χ1n) is 0.617. The first kappa shape index (κ1) is 7.27. The maximum atomic E-state index is 3.21. The molecule has 0 unspecified atom stereocenters. The molecule has 0 rings (SSSR count). The average Bonchev–Trinajstić information content (AvgIpc) is 0.722. The third kappa shape index (κ3) is 22.2. The molecule has 0 aromatic carbocycles. The van der Waals surface area contributed by atoms with E-state index in [0.717, 1.165) is 0 Å². The third-order valence-corrected chi connectivity index (χ3v) is 0. The SMILES string of the molecule is BrS(Br)(Br)Br. The molecule has 0 aliphatic heterocycles. The predicted molar refractivity (Wildman–Crippen MR) is 43.3 cm³/mol. The summed E-state index contributed by atoms with van der Waals surface area (Å²) in [6, 6.07) is 0. The Balaban J connectivity index is 3.02. The molecule has 0 aliphatic rings. The Morgan fingerprint density at radius 1 is 0.800 bits per heavy atom. The van der Waals surface area contributed by atoms with Crippen LogP contribution in [0.2, 0.25) is 0 Å². The Hall–Kier alpha value is 2.27. The van der Waals surface area contributed by atoms with E-state index in [4.69, 9.17) is 0 Å². The molecule has 0 fully saturated rings. The van der Waals surface area contributed by atoms with E-state index in [9.17, 15) is 0 Å². The van der Waals surface area contributed by atoms with Gasteiger partial charge in [0, 0.05) is 59.3 Å². The molecule has 0 saturated carbocycles. The fourth-order valence-corrected chi connectivity index (χ4v) is 0. The van der Waals surface area contributed by atoms with E-state index in [1.165, 1.54) is 0 Å². The molecule has 0 nitrogen and oxygen atoms in total. The van der Waals surface area contributed by atoms with Crippen molar-refractivity contribution in [2.24, 2.45) is 0 Å². The van der Waals surface area contributed by atoms with Gasteiger partial charge in [0.2, 0.25) is 0 Å². The highest BCUT2D eigenvalue weighted by atomic mass is 80.0. The van der Waals surface area contributed by atoms with Crippen molar-refractivity contribution in [3.63, 3.8) is 0 Å². The van der Waals surface area contributed by atoms with Crippen molar-refractivity contribution in [3.05, 3.63) is 0 Å². The van der Waals surface area contributed by atoms with Crippen LogP contribution in [0.25, 0.3) is 0 Å². The fraction of sp³-hybridized carbons (Fsp3) is 0. The van der Waals surface area contributed by atoms with Crippen LogP contribution in [-0.4, -0.2) is 0 Å². The Morgan fingerprint density at radius 2 is 0.800 bits per heavy atom. The van der Waals surface area contributed by atoms with E-state index in [-0.39, 0.29) is 0 Å². The van der Waals surface area contributed by atoms with E-state index in [2.05, 4.69) is 59.3 Å². The Kier molecular flexibility index (Phi) is 3.70. The summed E-state index contributed by atoms with van der Waals surface area (Å²) in [6.45, 7) is 0. The molecule has 5 heavy (non-hydrogen) atoms. The molecule has 0 aromatic heterocycles. The zero-order valence-corrected chi connectivity index (χ0v) is 9.08. The van der Waals surface area contributed by atoms with E-state index < -0.39 is 3.76 Å². The lowest BCUT2D eigenvalue weighted by molar-refractivity contribution is 6.15. The standard InChI is InChI=1S/Br4S/c1-5(2,3)4. The van der Waals surface area contributed by atoms with Gasteiger partial charge in [-0.3, -0.25) is 0 Å². The Morgan fingerprint density at radius 3 is 0.800 bits per heavy atom. The van der Waals surface area contributed by atoms with Crippen LogP contribution < -0.4 is 0 Å². The van der Waals surface area contributed by atoms with Gasteiger partial charge in [-0.2, -0.15) is 0 Å². The van der Waals surface area contributed by atoms with Gasteiger partial charge in [-0.15, -0.1) is 0 Å². The lowest BCUT2D eigenvalue weighted by Gasteiger charge is -2.00. The minimum absolute atomic E-state index is 0.917. The van der Waals surface area contributed by atoms with E-state index in [0.29, 0.717) is 0 Å². The van der Waals surface area contributed by atoms with Crippen LogP contribution >= 0.6 is 63.0 Å². The van der Waals surface area contributed by atoms with Crippen LogP contribution in [0.5, 0.6) is 0 Å². The van der Waals surface area contributed by atoms with Gasteiger partial charge < -0.3 is 0 Å². The summed E-state index contributed by atoms with van der Waals surface area (Å²) in [5, 5.41) is 0. The summed E-state index contributed by atoms with van der Waals surface area (Å²) in [6.07, 6.45) is 0. The molecule has 0 heterocycles. The molecule has 0 radical (unpaired) electrons. The largest absolute Gasteiger partial charge is 0.00553 e. The van der Waals surface area contributed by atoms with Crippen molar-refractivity contribution in [3.8, 4) is 0 Å². The van der Waals surface area contributed by atoms with Crippen LogP contribution in [-0.2, 0) is 0 Å². The summed E-state index contributed by atoms with van der Waals surface area (Å²) < 4.78 is -0.917. The van der Waals surface area contributed by atoms with E-state index in [1.807, 2.05) is 0 Å². The maximum Gasteiger partial charge on any atom is 0.00138 e. The van der Waals surface area contributed by atoms with Gasteiger partial charge in [-0.1, -0.05) is 0 Å². The zero-order chi connectivity index (χ0) is 4.50. The molecular formula is Br4S. The van der Waals surface area contributed by atoms with Gasteiger partial charge in [0.15, 0.2) is 0 Å². The minimum Gasteiger partial charge on any atom is -0.00553 e. The molecule has 0 aliphatic carbocycles. The van der Waals surface area contributed by atoms with Crippen molar-refractivity contribution < 1.29 is 0 Å². The second-order valence-corrected chi connectivity index (χ2v) is 28.3. The average molecular weight is 352 g/mol. The monoisotopic (exact) mass is 348 g/mol. The Labute approximate surface area is 62.2 Å². The van der Waals surface area contributed by atoms with Gasteiger partial charge >= 0.3 is 0 Å². The summed E-state index contributed by atoms with van der Waals surface area (Å²) in [5.74, 6) is 0. The fourth-order valence-electron chi connectivity index (χ4n) is 0. The highest BCUT2D eigenvalue weighted by Gasteiger charge is 2.00. The highest BCUT2D eigenvalue weighted by molar-refractivity contribution is 10.4. The van der Waals surface area contributed by atoms with Crippen molar-refractivity contribution in [2.45, 2.75) is 0 Å². The van der Waals surface area contributed by atoms with Gasteiger partial charge in [0.1, 0.15) is 0 Å². The van der Waals surface area contributed by atoms with Crippen LogP contribution in [0.4, 0.5) is 0 Å². The summed E-state index contributed by atoms with van der Waals surface area (Å²) in [5.41, 5.74) is 0. The van der Waals surface area contributed by atoms with E-state index in [1.54, 1.807) is 0 Å². The summed E-state index contributed by atoms with van der Waals surface area (Å²) in [7, 11) is 0. The van der Waals surface area contributed by atoms with Gasteiger partial charge in [0.05, 0.1) is 0 Å². The van der Waals surface area contributed by atoms with Crippen LogP contribution in [0.15, 0.2) is 0 Å². The molecule has 34 valence electrons. The Bertz CT molecular complexity index is 19.1. The topological polar surface area (TPSA) is 0 Å². The molecule has 0 atom stereocenters. The molecule has 0 amide bonds. The highest BCUT2D eigenvalue weighted by Crippen LogP contribution is 2.75. The van der Waals surface area contributed by atoms with Gasteiger partial charge in [0.25, 0.3) is 0 Å². The number of hydrogen-bond donors (Lipinski definition) is 0. The molecule has 0 bridgehead atoms. The number of hydrogen-bond acceptors (Lipinski definition) is 0. The van der Waals surface area contributed by atoms with Crippen molar-refractivity contribution in [1.82, 2.24) is 0 Å². The molecule has 0 spiro atoms.